The maximum absolute atomic E-state index is 13.5. The first-order valence-corrected chi connectivity index (χ1v) is 9.42. The van der Waals surface area contributed by atoms with Crippen LogP contribution in [0.2, 0.25) is 0 Å². The van der Waals surface area contributed by atoms with Crippen LogP contribution in [0.25, 0.3) is 11.1 Å². The first kappa shape index (κ1) is 20.3. The Kier molecular flexibility index (Phi) is 7.11. The van der Waals surface area contributed by atoms with Gasteiger partial charge in [0, 0.05) is 6.54 Å². The largest absolute Gasteiger partial charge is 0.455 e. The number of carbonyl (C=O) groups excluding carboxylic acids is 2. The molecule has 0 fully saturated rings. The van der Waals surface area contributed by atoms with Crippen molar-refractivity contribution in [1.82, 2.24) is 5.32 Å². The maximum atomic E-state index is 13.5. The van der Waals surface area contributed by atoms with Gasteiger partial charge in [0.15, 0.2) is 6.61 Å². The second kappa shape index (κ2) is 10.2. The Labute approximate surface area is 169 Å². The summed E-state index contributed by atoms with van der Waals surface area (Å²) in [6.45, 7) is -0.0729. The summed E-state index contributed by atoms with van der Waals surface area (Å²) in [5.74, 6) is -1.18. The lowest BCUT2D eigenvalue weighted by atomic mass is 10.0. The highest BCUT2D eigenvalue weighted by molar-refractivity contribution is 5.81. The van der Waals surface area contributed by atoms with Gasteiger partial charge in [-0.1, -0.05) is 72.8 Å². The highest BCUT2D eigenvalue weighted by atomic mass is 19.1. The van der Waals surface area contributed by atoms with Crippen molar-refractivity contribution in [3.05, 3.63) is 95.8 Å². The lowest BCUT2D eigenvalue weighted by Gasteiger charge is -2.08. The summed E-state index contributed by atoms with van der Waals surface area (Å²) >= 11 is 0. The molecule has 0 aliphatic carbocycles. The van der Waals surface area contributed by atoms with Crippen LogP contribution in [0.3, 0.4) is 0 Å². The minimum Gasteiger partial charge on any atom is -0.455 e. The van der Waals surface area contributed by atoms with Crippen molar-refractivity contribution < 1.29 is 18.7 Å². The normalized spacial score (nSPS) is 10.4. The molecular weight excluding hydrogens is 369 g/mol. The molecule has 1 N–H and O–H groups in total. The summed E-state index contributed by atoms with van der Waals surface area (Å²) in [6.07, 6.45) is 0.470. The van der Waals surface area contributed by atoms with E-state index in [4.69, 9.17) is 4.74 Å². The minimum atomic E-state index is -0.471. The molecule has 3 rings (SSSR count). The minimum absolute atomic E-state index is 0.0948. The number of carbonyl (C=O) groups is 2. The predicted octanol–water partition coefficient (Wildman–Crippen LogP) is 3.94. The Balaban J connectivity index is 1.39. The molecule has 3 aromatic carbocycles. The number of hydrogen-bond donors (Lipinski definition) is 1. The van der Waals surface area contributed by atoms with Gasteiger partial charge in [-0.05, 0) is 34.7 Å². The number of amides is 1. The van der Waals surface area contributed by atoms with Crippen molar-refractivity contribution in [2.45, 2.75) is 12.8 Å². The van der Waals surface area contributed by atoms with Gasteiger partial charge in [0.2, 0.25) is 0 Å². The van der Waals surface area contributed by atoms with E-state index >= 15 is 0 Å². The average molecular weight is 391 g/mol. The molecule has 1 amide bonds. The van der Waals surface area contributed by atoms with Gasteiger partial charge >= 0.3 is 5.97 Å². The van der Waals surface area contributed by atoms with Crippen LogP contribution in [-0.4, -0.2) is 25.0 Å². The zero-order valence-electron chi connectivity index (χ0n) is 15.9. The van der Waals surface area contributed by atoms with E-state index in [2.05, 4.69) is 5.32 Å². The molecule has 0 spiro atoms. The topological polar surface area (TPSA) is 55.4 Å². The quantitative estimate of drug-likeness (QED) is 0.592. The fourth-order valence-corrected chi connectivity index (χ4v) is 2.90. The summed E-state index contributed by atoms with van der Waals surface area (Å²) in [5, 5.41) is 2.62. The number of ether oxygens (including phenoxy) is 1. The molecule has 0 bridgehead atoms. The fourth-order valence-electron chi connectivity index (χ4n) is 2.90. The van der Waals surface area contributed by atoms with Crippen molar-refractivity contribution in [2.75, 3.05) is 13.2 Å². The molecule has 0 unspecified atom stereocenters. The second-order valence-corrected chi connectivity index (χ2v) is 6.59. The van der Waals surface area contributed by atoms with Gasteiger partial charge in [0.05, 0.1) is 6.42 Å². The molecule has 148 valence electrons. The lowest BCUT2D eigenvalue weighted by Crippen LogP contribution is -2.30. The Morgan fingerprint density at radius 3 is 2.21 bits per heavy atom. The molecule has 29 heavy (non-hydrogen) atoms. The highest BCUT2D eigenvalue weighted by Gasteiger charge is 2.09. The second-order valence-electron chi connectivity index (χ2n) is 6.59. The molecule has 0 saturated heterocycles. The van der Waals surface area contributed by atoms with Crippen LogP contribution in [0.4, 0.5) is 4.39 Å². The summed E-state index contributed by atoms with van der Waals surface area (Å²) in [5.41, 5.74) is 3.52. The number of benzene rings is 3. The van der Waals surface area contributed by atoms with E-state index in [9.17, 15) is 14.0 Å². The van der Waals surface area contributed by atoms with Gasteiger partial charge in [0.1, 0.15) is 5.82 Å². The van der Waals surface area contributed by atoms with E-state index < -0.39 is 11.9 Å². The first-order chi connectivity index (χ1) is 14.1. The summed E-state index contributed by atoms with van der Waals surface area (Å²) in [7, 11) is 0. The third-order valence-electron chi connectivity index (χ3n) is 4.45. The molecule has 0 saturated carbocycles. The van der Waals surface area contributed by atoms with Gasteiger partial charge in [-0.25, -0.2) is 4.39 Å². The van der Waals surface area contributed by atoms with Crippen molar-refractivity contribution in [3.8, 4) is 11.1 Å². The highest BCUT2D eigenvalue weighted by Crippen LogP contribution is 2.19. The number of rotatable bonds is 8. The number of esters is 1. The Morgan fingerprint density at radius 2 is 1.48 bits per heavy atom. The van der Waals surface area contributed by atoms with Crippen molar-refractivity contribution in [1.29, 1.82) is 0 Å². The molecule has 0 aliphatic rings. The van der Waals surface area contributed by atoms with Crippen molar-refractivity contribution in [2.24, 2.45) is 0 Å². The predicted molar refractivity (Wildman–Crippen MR) is 110 cm³/mol. The number of nitrogens with one attached hydrogen (secondary N) is 1. The van der Waals surface area contributed by atoms with Crippen LogP contribution in [0, 0.1) is 5.82 Å². The standard InChI is InChI=1S/C24H22FNO3/c25-22-9-5-4-8-21(22)14-15-26-23(27)17-29-24(28)16-18-10-12-20(13-11-18)19-6-2-1-3-7-19/h1-13H,14-17H2,(H,26,27). The SMILES string of the molecule is O=C(COC(=O)Cc1ccc(-c2ccccc2)cc1)NCCc1ccccc1F. The zero-order chi connectivity index (χ0) is 20.5. The summed E-state index contributed by atoms with van der Waals surface area (Å²) in [6, 6.07) is 24.0. The van der Waals surface area contributed by atoms with E-state index in [1.807, 2.05) is 54.6 Å². The maximum Gasteiger partial charge on any atom is 0.310 e. The monoisotopic (exact) mass is 391 g/mol. The smallest absolute Gasteiger partial charge is 0.310 e. The number of halogens is 1. The van der Waals surface area contributed by atoms with Gasteiger partial charge in [-0.15, -0.1) is 0 Å². The molecule has 0 heterocycles. The van der Waals surface area contributed by atoms with Gasteiger partial charge in [0.25, 0.3) is 5.91 Å². The van der Waals surface area contributed by atoms with Crippen LogP contribution in [0.1, 0.15) is 11.1 Å². The van der Waals surface area contributed by atoms with Crippen LogP contribution < -0.4 is 5.32 Å². The van der Waals surface area contributed by atoms with Crippen LogP contribution >= 0.6 is 0 Å². The van der Waals surface area contributed by atoms with Crippen molar-refractivity contribution in [3.63, 3.8) is 0 Å². The Bertz CT molecular complexity index is 955. The zero-order valence-corrected chi connectivity index (χ0v) is 15.9. The van der Waals surface area contributed by atoms with E-state index in [0.29, 0.717) is 12.0 Å². The number of hydrogen-bond acceptors (Lipinski definition) is 3. The molecule has 0 aromatic heterocycles. The van der Waals surface area contributed by atoms with Gasteiger partial charge in [-0.2, -0.15) is 0 Å². The van der Waals surface area contributed by atoms with E-state index in [-0.39, 0.29) is 25.4 Å². The molecule has 0 radical (unpaired) electrons. The van der Waals surface area contributed by atoms with E-state index in [1.165, 1.54) is 6.07 Å². The first-order valence-electron chi connectivity index (χ1n) is 9.42. The van der Waals surface area contributed by atoms with E-state index in [1.54, 1.807) is 18.2 Å². The van der Waals surface area contributed by atoms with Gasteiger partial charge < -0.3 is 10.1 Å². The molecular formula is C24H22FNO3. The fraction of sp³-hybridized carbons (Fsp3) is 0.167. The lowest BCUT2D eigenvalue weighted by molar-refractivity contribution is -0.147. The molecule has 3 aromatic rings. The Morgan fingerprint density at radius 1 is 0.828 bits per heavy atom. The molecule has 0 atom stereocenters. The molecule has 4 nitrogen and oxygen atoms in total. The third kappa shape index (κ3) is 6.28. The average Bonchev–Trinajstić information content (AvgIpc) is 2.75. The van der Waals surface area contributed by atoms with Crippen molar-refractivity contribution >= 4 is 11.9 Å². The summed E-state index contributed by atoms with van der Waals surface area (Å²) in [4.78, 5) is 23.8. The van der Waals surface area contributed by atoms with Crippen LogP contribution in [0.15, 0.2) is 78.9 Å². The van der Waals surface area contributed by atoms with Crippen LogP contribution in [0.5, 0.6) is 0 Å². The molecule has 5 heteroatoms. The third-order valence-corrected chi connectivity index (χ3v) is 4.45. The molecule has 0 aliphatic heterocycles. The Hall–Kier alpha value is -3.47. The van der Waals surface area contributed by atoms with E-state index in [0.717, 1.165) is 16.7 Å². The van der Waals surface area contributed by atoms with Crippen LogP contribution in [-0.2, 0) is 27.2 Å². The summed E-state index contributed by atoms with van der Waals surface area (Å²) < 4.78 is 18.5. The van der Waals surface area contributed by atoms with Gasteiger partial charge in [-0.3, -0.25) is 9.59 Å².